The van der Waals surface area contributed by atoms with Crippen LogP contribution in [0, 0.1) is 11.8 Å². The van der Waals surface area contributed by atoms with Crippen molar-refractivity contribution in [3.05, 3.63) is 22.3 Å². The number of fused-ring (bicyclic) bond motifs is 1. The van der Waals surface area contributed by atoms with Gasteiger partial charge >= 0.3 is 0 Å². The second-order valence-corrected chi connectivity index (χ2v) is 6.39. The molecule has 1 saturated heterocycles. The van der Waals surface area contributed by atoms with Crippen LogP contribution in [-0.4, -0.2) is 40.1 Å². The van der Waals surface area contributed by atoms with Gasteiger partial charge in [0.1, 0.15) is 0 Å². The van der Waals surface area contributed by atoms with Gasteiger partial charge in [0, 0.05) is 29.7 Å². The molecule has 0 bridgehead atoms. The Morgan fingerprint density at radius 2 is 2.30 bits per heavy atom. The Balaban J connectivity index is 1.82. The van der Waals surface area contributed by atoms with Gasteiger partial charge in [-0.05, 0) is 40.8 Å². The molecule has 3 unspecified atom stereocenters. The van der Waals surface area contributed by atoms with Gasteiger partial charge in [0.15, 0.2) is 5.82 Å². The maximum atomic E-state index is 12.6. The molecule has 2 heterocycles. The van der Waals surface area contributed by atoms with Crippen LogP contribution in [0.15, 0.2) is 16.7 Å². The maximum Gasteiger partial charge on any atom is 0.257 e. The number of aromatic nitrogens is 1. The number of nitrogen functional groups attached to an aromatic ring is 1. The number of aliphatic hydroxyl groups excluding tert-OH is 1. The number of pyridine rings is 1. The van der Waals surface area contributed by atoms with Crippen molar-refractivity contribution in [3.8, 4) is 0 Å². The predicted molar refractivity (Wildman–Crippen MR) is 77.9 cm³/mol. The third kappa shape index (κ3) is 2.30. The van der Waals surface area contributed by atoms with E-state index in [1.54, 1.807) is 17.2 Å². The van der Waals surface area contributed by atoms with Gasteiger partial charge in [-0.2, -0.15) is 0 Å². The molecule has 20 heavy (non-hydrogen) atoms. The molecule has 1 aromatic rings. The lowest BCUT2D eigenvalue weighted by atomic mass is 10.00. The van der Waals surface area contributed by atoms with Crippen LogP contribution in [0.2, 0.25) is 0 Å². The summed E-state index contributed by atoms with van der Waals surface area (Å²) < 4.78 is 0.735. The van der Waals surface area contributed by atoms with Crippen molar-refractivity contribution < 1.29 is 9.90 Å². The van der Waals surface area contributed by atoms with E-state index in [1.165, 1.54) is 0 Å². The molecule has 4 N–H and O–H groups in total. The van der Waals surface area contributed by atoms with Gasteiger partial charge in [0.2, 0.25) is 0 Å². The number of nitrogens with two attached hydrogens (primary N) is 1. The molecule has 1 saturated carbocycles. The first-order chi connectivity index (χ1) is 9.60. The fraction of sp³-hybridized carbons (Fsp3) is 0.538. The molecule has 0 radical (unpaired) electrons. The summed E-state index contributed by atoms with van der Waals surface area (Å²) in [4.78, 5) is 18.5. The van der Waals surface area contributed by atoms with E-state index in [0.29, 0.717) is 30.4 Å². The van der Waals surface area contributed by atoms with Gasteiger partial charge in [-0.15, -0.1) is 0 Å². The third-order valence-electron chi connectivity index (χ3n) is 4.33. The summed E-state index contributed by atoms with van der Waals surface area (Å²) in [6.07, 6.45) is 3.17. The fourth-order valence-corrected chi connectivity index (χ4v) is 3.62. The zero-order chi connectivity index (χ0) is 14.3. The minimum atomic E-state index is -0.273. The van der Waals surface area contributed by atoms with Gasteiger partial charge in [-0.3, -0.25) is 4.79 Å². The number of rotatable bonds is 2. The Kier molecular flexibility index (Phi) is 3.66. The van der Waals surface area contributed by atoms with Crippen LogP contribution in [0.5, 0.6) is 0 Å². The van der Waals surface area contributed by atoms with E-state index in [1.807, 2.05) is 0 Å². The van der Waals surface area contributed by atoms with E-state index >= 15 is 0 Å². The van der Waals surface area contributed by atoms with Crippen molar-refractivity contribution in [1.82, 2.24) is 9.88 Å². The van der Waals surface area contributed by atoms with E-state index in [2.05, 4.69) is 26.3 Å². The van der Waals surface area contributed by atoms with Crippen molar-refractivity contribution in [1.29, 1.82) is 0 Å². The molecule has 2 fully saturated rings. The first-order valence-electron chi connectivity index (χ1n) is 6.69. The lowest BCUT2D eigenvalue weighted by Crippen LogP contribution is -2.32. The van der Waals surface area contributed by atoms with Crippen molar-refractivity contribution in [2.45, 2.75) is 18.9 Å². The predicted octanol–water partition coefficient (Wildman–Crippen LogP) is 0.973. The SMILES string of the molecule is NNc1ncc(Br)cc1C(=O)N1CC2CCC(O)C2C1. The number of nitrogens with zero attached hydrogens (tertiary/aromatic N) is 2. The van der Waals surface area contributed by atoms with Crippen molar-refractivity contribution in [3.63, 3.8) is 0 Å². The molecule has 2 aliphatic rings. The number of nitrogens with one attached hydrogen (secondary N) is 1. The number of amides is 1. The molecule has 108 valence electrons. The van der Waals surface area contributed by atoms with Crippen LogP contribution in [0.1, 0.15) is 23.2 Å². The van der Waals surface area contributed by atoms with E-state index < -0.39 is 0 Å². The number of carbonyl (C=O) groups excluding carboxylic acids is 1. The number of halogens is 1. The molecule has 7 heteroatoms. The normalized spacial score (nSPS) is 28.6. The van der Waals surface area contributed by atoms with E-state index in [0.717, 1.165) is 17.3 Å². The summed E-state index contributed by atoms with van der Waals surface area (Å²) in [7, 11) is 0. The molecule has 0 spiro atoms. The molecule has 6 nitrogen and oxygen atoms in total. The number of anilines is 1. The van der Waals surface area contributed by atoms with Gasteiger partial charge in [-0.25, -0.2) is 10.8 Å². The van der Waals surface area contributed by atoms with Crippen LogP contribution in [0.3, 0.4) is 0 Å². The molecule has 0 aromatic carbocycles. The molecule has 1 amide bonds. The number of likely N-dealkylation sites (tertiary alicyclic amines) is 1. The minimum Gasteiger partial charge on any atom is -0.393 e. The lowest BCUT2D eigenvalue weighted by Gasteiger charge is -2.19. The first-order valence-corrected chi connectivity index (χ1v) is 7.49. The zero-order valence-corrected chi connectivity index (χ0v) is 12.5. The molecule has 3 rings (SSSR count). The molecule has 1 aliphatic carbocycles. The van der Waals surface area contributed by atoms with Crippen molar-refractivity contribution in [2.24, 2.45) is 17.7 Å². The Bertz CT molecular complexity index is 539. The van der Waals surface area contributed by atoms with Gasteiger partial charge in [-0.1, -0.05) is 0 Å². The van der Waals surface area contributed by atoms with Crippen LogP contribution < -0.4 is 11.3 Å². The fourth-order valence-electron chi connectivity index (χ4n) is 3.29. The van der Waals surface area contributed by atoms with Gasteiger partial charge in [0.25, 0.3) is 5.91 Å². The first kappa shape index (κ1) is 13.8. The highest BCUT2D eigenvalue weighted by atomic mass is 79.9. The minimum absolute atomic E-state index is 0.0895. The van der Waals surface area contributed by atoms with Gasteiger partial charge < -0.3 is 15.4 Å². The highest BCUT2D eigenvalue weighted by molar-refractivity contribution is 9.10. The Morgan fingerprint density at radius 1 is 1.50 bits per heavy atom. The second-order valence-electron chi connectivity index (χ2n) is 5.47. The smallest absolute Gasteiger partial charge is 0.257 e. The third-order valence-corrected chi connectivity index (χ3v) is 4.76. The summed E-state index contributed by atoms with van der Waals surface area (Å²) in [6.45, 7) is 1.32. The summed E-state index contributed by atoms with van der Waals surface area (Å²) in [5.74, 6) is 6.33. The van der Waals surface area contributed by atoms with Crippen LogP contribution >= 0.6 is 15.9 Å². The highest BCUT2D eigenvalue weighted by Crippen LogP contribution is 2.38. The average molecular weight is 341 g/mol. The van der Waals surface area contributed by atoms with Crippen LogP contribution in [0.4, 0.5) is 5.82 Å². The maximum absolute atomic E-state index is 12.6. The van der Waals surface area contributed by atoms with Crippen LogP contribution in [-0.2, 0) is 0 Å². The zero-order valence-electron chi connectivity index (χ0n) is 10.9. The molecule has 3 atom stereocenters. The molecule has 1 aromatic heterocycles. The number of carbonyl (C=O) groups is 1. The molecular formula is C13H17BrN4O2. The standard InChI is InChI=1S/C13H17BrN4O2/c14-8-3-9(12(17-15)16-4-8)13(20)18-5-7-1-2-11(19)10(7)6-18/h3-4,7,10-11,19H,1-2,5-6,15H2,(H,16,17). The number of hydrogen-bond donors (Lipinski definition) is 3. The summed E-state index contributed by atoms with van der Waals surface area (Å²) in [6, 6.07) is 1.72. The topological polar surface area (TPSA) is 91.5 Å². The monoisotopic (exact) mass is 340 g/mol. The quantitative estimate of drug-likeness (QED) is 0.551. The number of hydrazine groups is 1. The van der Waals surface area contributed by atoms with Crippen LogP contribution in [0.25, 0.3) is 0 Å². The highest BCUT2D eigenvalue weighted by Gasteiger charge is 2.43. The summed E-state index contributed by atoms with van der Waals surface area (Å²) in [5.41, 5.74) is 2.91. The van der Waals surface area contributed by atoms with E-state index in [-0.39, 0.29) is 17.9 Å². The van der Waals surface area contributed by atoms with E-state index in [4.69, 9.17) is 5.84 Å². The Morgan fingerprint density at radius 3 is 3.00 bits per heavy atom. The van der Waals surface area contributed by atoms with Gasteiger partial charge in [0.05, 0.1) is 11.7 Å². The second kappa shape index (κ2) is 5.31. The average Bonchev–Trinajstić information content (AvgIpc) is 3.00. The lowest BCUT2D eigenvalue weighted by molar-refractivity contribution is 0.0753. The summed E-state index contributed by atoms with van der Waals surface area (Å²) >= 11 is 3.32. The van der Waals surface area contributed by atoms with Crippen molar-refractivity contribution in [2.75, 3.05) is 18.5 Å². The van der Waals surface area contributed by atoms with Crippen molar-refractivity contribution >= 4 is 27.7 Å². The molecule has 1 aliphatic heterocycles. The number of aliphatic hydroxyl groups is 1. The Hall–Kier alpha value is -1.18. The number of hydrogen-bond acceptors (Lipinski definition) is 5. The molecular weight excluding hydrogens is 324 g/mol. The summed E-state index contributed by atoms with van der Waals surface area (Å²) in [5, 5.41) is 9.92. The largest absolute Gasteiger partial charge is 0.393 e. The van der Waals surface area contributed by atoms with E-state index in [9.17, 15) is 9.90 Å². The Labute approximate surface area is 125 Å².